The Balaban J connectivity index is 2.38. The second kappa shape index (κ2) is 5.94. The van der Waals surface area contributed by atoms with Crippen molar-refractivity contribution in [2.24, 2.45) is 0 Å². The third-order valence-corrected chi connectivity index (χ3v) is 3.72. The standard InChI is InChI=1S/C15H16O2S/c1-11(16)15-13(17-2)9-6-10-14(15)18-12-7-4-3-5-8-12/h3-11,16H,1-2H3/t11-/m0/s1. The van der Waals surface area contributed by atoms with Gasteiger partial charge in [-0.1, -0.05) is 36.0 Å². The zero-order valence-corrected chi connectivity index (χ0v) is 11.3. The molecule has 0 aliphatic carbocycles. The van der Waals surface area contributed by atoms with Gasteiger partial charge in [0, 0.05) is 15.4 Å². The van der Waals surface area contributed by atoms with E-state index in [1.54, 1.807) is 25.8 Å². The molecule has 0 aliphatic heterocycles. The average molecular weight is 260 g/mol. The lowest BCUT2D eigenvalue weighted by Gasteiger charge is -2.15. The lowest BCUT2D eigenvalue weighted by atomic mass is 10.1. The second-order valence-electron chi connectivity index (χ2n) is 3.96. The van der Waals surface area contributed by atoms with Crippen molar-refractivity contribution in [1.82, 2.24) is 0 Å². The van der Waals surface area contributed by atoms with Crippen LogP contribution in [0.1, 0.15) is 18.6 Å². The van der Waals surface area contributed by atoms with Gasteiger partial charge >= 0.3 is 0 Å². The molecule has 0 saturated heterocycles. The zero-order valence-electron chi connectivity index (χ0n) is 10.5. The van der Waals surface area contributed by atoms with Crippen LogP contribution >= 0.6 is 11.8 Å². The van der Waals surface area contributed by atoms with E-state index in [-0.39, 0.29) is 0 Å². The largest absolute Gasteiger partial charge is 0.496 e. The Morgan fingerprint density at radius 2 is 1.78 bits per heavy atom. The monoisotopic (exact) mass is 260 g/mol. The third kappa shape index (κ3) is 2.86. The molecule has 0 unspecified atom stereocenters. The number of hydrogen-bond donors (Lipinski definition) is 1. The molecule has 0 fully saturated rings. The average Bonchev–Trinajstić information content (AvgIpc) is 2.39. The highest BCUT2D eigenvalue weighted by atomic mass is 32.2. The molecule has 0 bridgehead atoms. The number of methoxy groups -OCH3 is 1. The van der Waals surface area contributed by atoms with Gasteiger partial charge < -0.3 is 9.84 Å². The minimum absolute atomic E-state index is 0.549. The predicted molar refractivity (Wildman–Crippen MR) is 74.2 cm³/mol. The minimum Gasteiger partial charge on any atom is -0.496 e. The van der Waals surface area contributed by atoms with Gasteiger partial charge in [0.05, 0.1) is 13.2 Å². The van der Waals surface area contributed by atoms with Crippen LogP contribution in [0.3, 0.4) is 0 Å². The number of rotatable bonds is 4. The van der Waals surface area contributed by atoms with Gasteiger partial charge in [-0.3, -0.25) is 0 Å². The van der Waals surface area contributed by atoms with Crippen LogP contribution in [0.15, 0.2) is 58.3 Å². The highest BCUT2D eigenvalue weighted by Gasteiger charge is 2.14. The molecule has 0 aliphatic rings. The van der Waals surface area contributed by atoms with Gasteiger partial charge in [-0.25, -0.2) is 0 Å². The van der Waals surface area contributed by atoms with E-state index in [9.17, 15) is 5.11 Å². The number of hydrogen-bond acceptors (Lipinski definition) is 3. The van der Waals surface area contributed by atoms with Gasteiger partial charge in [0.2, 0.25) is 0 Å². The van der Waals surface area contributed by atoms with Crippen LogP contribution in [-0.2, 0) is 0 Å². The lowest BCUT2D eigenvalue weighted by molar-refractivity contribution is 0.191. The fraction of sp³-hybridized carbons (Fsp3) is 0.200. The molecule has 0 saturated carbocycles. The molecule has 0 radical (unpaired) electrons. The summed E-state index contributed by atoms with van der Waals surface area (Å²) in [7, 11) is 1.62. The Labute approximate surface area is 112 Å². The number of benzene rings is 2. The molecule has 0 spiro atoms. The fourth-order valence-electron chi connectivity index (χ4n) is 1.82. The molecule has 2 rings (SSSR count). The summed E-state index contributed by atoms with van der Waals surface area (Å²) >= 11 is 1.63. The first-order valence-corrected chi connectivity index (χ1v) is 6.62. The number of aliphatic hydroxyl groups excluding tert-OH is 1. The number of ether oxygens (including phenoxy) is 1. The molecule has 1 atom stereocenters. The van der Waals surface area contributed by atoms with E-state index in [0.29, 0.717) is 0 Å². The molecule has 2 aromatic rings. The highest BCUT2D eigenvalue weighted by Crippen LogP contribution is 2.38. The molecule has 3 heteroatoms. The molecule has 2 nitrogen and oxygen atoms in total. The van der Waals surface area contributed by atoms with E-state index in [2.05, 4.69) is 12.1 Å². The van der Waals surface area contributed by atoms with Gasteiger partial charge in [0.15, 0.2) is 0 Å². The van der Waals surface area contributed by atoms with E-state index >= 15 is 0 Å². The molecule has 0 aromatic heterocycles. The first kappa shape index (κ1) is 13.0. The maximum atomic E-state index is 9.90. The summed E-state index contributed by atoms with van der Waals surface area (Å²) in [5.41, 5.74) is 0.842. The van der Waals surface area contributed by atoms with Gasteiger partial charge in [-0.05, 0) is 31.2 Å². The first-order valence-electron chi connectivity index (χ1n) is 5.80. The molecule has 0 heterocycles. The molecule has 94 valence electrons. The minimum atomic E-state index is -0.549. The van der Waals surface area contributed by atoms with E-state index in [1.165, 1.54) is 0 Å². The molecular formula is C15H16O2S. The first-order chi connectivity index (χ1) is 8.72. The van der Waals surface area contributed by atoms with Crippen LogP contribution in [0.25, 0.3) is 0 Å². The van der Waals surface area contributed by atoms with Crippen LogP contribution in [0.2, 0.25) is 0 Å². The topological polar surface area (TPSA) is 29.5 Å². The summed E-state index contributed by atoms with van der Waals surface area (Å²) in [4.78, 5) is 2.17. The summed E-state index contributed by atoms with van der Waals surface area (Å²) in [5.74, 6) is 0.728. The van der Waals surface area contributed by atoms with Crippen molar-refractivity contribution < 1.29 is 9.84 Å². The van der Waals surface area contributed by atoms with Crippen LogP contribution < -0.4 is 4.74 Å². The Bertz CT molecular complexity index is 509. The highest BCUT2D eigenvalue weighted by molar-refractivity contribution is 7.99. The molecule has 18 heavy (non-hydrogen) atoms. The molecule has 0 amide bonds. The Hall–Kier alpha value is -1.45. The van der Waals surface area contributed by atoms with Crippen LogP contribution in [-0.4, -0.2) is 12.2 Å². The van der Waals surface area contributed by atoms with Crippen molar-refractivity contribution in [3.05, 3.63) is 54.1 Å². The smallest absolute Gasteiger partial charge is 0.125 e. The van der Waals surface area contributed by atoms with Crippen LogP contribution in [0.5, 0.6) is 5.75 Å². The summed E-state index contributed by atoms with van der Waals surface area (Å²) in [5, 5.41) is 9.90. The third-order valence-electron chi connectivity index (χ3n) is 2.63. The van der Waals surface area contributed by atoms with Crippen LogP contribution in [0.4, 0.5) is 0 Å². The van der Waals surface area contributed by atoms with Crippen molar-refractivity contribution >= 4 is 11.8 Å². The second-order valence-corrected chi connectivity index (χ2v) is 5.08. The maximum Gasteiger partial charge on any atom is 0.125 e. The lowest BCUT2D eigenvalue weighted by Crippen LogP contribution is -1.98. The van der Waals surface area contributed by atoms with Crippen molar-refractivity contribution in [1.29, 1.82) is 0 Å². The van der Waals surface area contributed by atoms with Crippen molar-refractivity contribution in [2.45, 2.75) is 22.8 Å². The molecular weight excluding hydrogens is 244 g/mol. The Morgan fingerprint density at radius 1 is 1.06 bits per heavy atom. The SMILES string of the molecule is COc1cccc(Sc2ccccc2)c1[C@H](C)O. The summed E-state index contributed by atoms with van der Waals surface area (Å²) in [6, 6.07) is 15.9. The van der Waals surface area contributed by atoms with E-state index in [0.717, 1.165) is 21.1 Å². The van der Waals surface area contributed by atoms with Gasteiger partial charge in [-0.2, -0.15) is 0 Å². The zero-order chi connectivity index (χ0) is 13.0. The molecule has 2 aromatic carbocycles. The Kier molecular flexibility index (Phi) is 4.28. The summed E-state index contributed by atoms with van der Waals surface area (Å²) in [6.45, 7) is 1.76. The van der Waals surface area contributed by atoms with Crippen molar-refractivity contribution in [3.63, 3.8) is 0 Å². The number of aliphatic hydroxyl groups is 1. The van der Waals surface area contributed by atoms with Gasteiger partial charge in [0.1, 0.15) is 5.75 Å². The maximum absolute atomic E-state index is 9.90. The summed E-state index contributed by atoms with van der Waals surface area (Å²) < 4.78 is 5.31. The van der Waals surface area contributed by atoms with Crippen molar-refractivity contribution in [2.75, 3.05) is 7.11 Å². The van der Waals surface area contributed by atoms with Crippen LogP contribution in [0, 0.1) is 0 Å². The van der Waals surface area contributed by atoms with E-state index in [1.807, 2.05) is 36.4 Å². The summed E-state index contributed by atoms with van der Waals surface area (Å²) in [6.07, 6.45) is -0.549. The molecule has 1 N–H and O–H groups in total. The van der Waals surface area contributed by atoms with E-state index in [4.69, 9.17) is 4.74 Å². The van der Waals surface area contributed by atoms with Gasteiger partial charge in [-0.15, -0.1) is 0 Å². The van der Waals surface area contributed by atoms with Crippen molar-refractivity contribution in [3.8, 4) is 5.75 Å². The quantitative estimate of drug-likeness (QED) is 0.904. The van der Waals surface area contributed by atoms with E-state index < -0.39 is 6.10 Å². The predicted octanol–water partition coefficient (Wildman–Crippen LogP) is 3.90. The Morgan fingerprint density at radius 3 is 2.39 bits per heavy atom. The fourth-order valence-corrected chi connectivity index (χ4v) is 2.89. The normalized spacial score (nSPS) is 12.2. The van der Waals surface area contributed by atoms with Gasteiger partial charge in [0.25, 0.3) is 0 Å².